The zero-order chi connectivity index (χ0) is 17.3. The molecule has 1 fully saturated rings. The van der Waals surface area contributed by atoms with E-state index in [4.69, 9.17) is 0 Å². The summed E-state index contributed by atoms with van der Waals surface area (Å²) in [5, 5.41) is 2.74. The van der Waals surface area contributed by atoms with Crippen LogP contribution in [-0.2, 0) is 21.2 Å². The van der Waals surface area contributed by atoms with Gasteiger partial charge in [-0.3, -0.25) is 9.59 Å². The van der Waals surface area contributed by atoms with Crippen molar-refractivity contribution >= 4 is 26.8 Å². The first-order chi connectivity index (χ1) is 11.4. The zero-order valence-electron chi connectivity index (χ0n) is 13.4. The summed E-state index contributed by atoms with van der Waals surface area (Å²) in [6.45, 7) is 1.88. The van der Waals surface area contributed by atoms with Crippen LogP contribution in [0.5, 0.6) is 0 Å². The van der Waals surface area contributed by atoms with Crippen molar-refractivity contribution in [3.63, 3.8) is 0 Å². The van der Waals surface area contributed by atoms with Crippen LogP contribution >= 0.6 is 0 Å². The van der Waals surface area contributed by atoms with Gasteiger partial charge in [-0.25, -0.2) is 13.4 Å². The number of benzene rings is 1. The van der Waals surface area contributed by atoms with E-state index in [9.17, 15) is 18.0 Å². The second kappa shape index (κ2) is 6.35. The summed E-state index contributed by atoms with van der Waals surface area (Å²) in [4.78, 5) is 28.7. The molecular weight excluding hydrogens is 330 g/mol. The number of rotatable bonds is 4. The molecular formula is C16H19N3O4S. The predicted octanol–water partition coefficient (Wildman–Crippen LogP) is 0.398. The molecule has 2 aromatic rings. The maximum Gasteiger partial charge on any atom is 0.272 e. The number of aryl methyl sites for hydroxylation is 2. The number of aromatic nitrogens is 2. The Bertz CT molecular complexity index is 949. The second-order valence-electron chi connectivity index (χ2n) is 6.06. The molecule has 1 saturated heterocycles. The third-order valence-electron chi connectivity index (χ3n) is 4.18. The molecule has 128 valence electrons. The van der Waals surface area contributed by atoms with Gasteiger partial charge in [0.2, 0.25) is 5.91 Å². The van der Waals surface area contributed by atoms with E-state index in [1.165, 1.54) is 0 Å². The number of amides is 1. The van der Waals surface area contributed by atoms with Crippen molar-refractivity contribution in [3.05, 3.63) is 40.3 Å². The van der Waals surface area contributed by atoms with Crippen LogP contribution < -0.4 is 10.9 Å². The minimum absolute atomic E-state index is 0.00398. The standard InChI is InChI=1S/C16H19N3O4S/c1-11-16(21)19(14-5-3-2-4-13(14)17-11)8-6-15(20)18-12-7-9-24(22,23)10-12/h2-5,12H,6-10H2,1H3,(H,18,20). The van der Waals surface area contributed by atoms with E-state index in [-0.39, 0.29) is 42.0 Å². The van der Waals surface area contributed by atoms with Gasteiger partial charge in [0.1, 0.15) is 5.69 Å². The van der Waals surface area contributed by atoms with E-state index in [1.807, 2.05) is 18.2 Å². The number of carbonyl (C=O) groups is 1. The highest BCUT2D eigenvalue weighted by Crippen LogP contribution is 2.12. The van der Waals surface area contributed by atoms with Crippen LogP contribution in [0.15, 0.2) is 29.1 Å². The van der Waals surface area contributed by atoms with Gasteiger partial charge in [-0.05, 0) is 25.5 Å². The van der Waals surface area contributed by atoms with E-state index in [0.717, 1.165) is 0 Å². The van der Waals surface area contributed by atoms with Crippen LogP contribution in [0.1, 0.15) is 18.5 Å². The van der Waals surface area contributed by atoms with Gasteiger partial charge >= 0.3 is 0 Å². The minimum Gasteiger partial charge on any atom is -0.352 e. The molecule has 2 heterocycles. The highest BCUT2D eigenvalue weighted by molar-refractivity contribution is 7.91. The van der Waals surface area contributed by atoms with Gasteiger partial charge in [-0.2, -0.15) is 0 Å². The van der Waals surface area contributed by atoms with Crippen LogP contribution in [0, 0.1) is 6.92 Å². The van der Waals surface area contributed by atoms with Crippen molar-refractivity contribution in [3.8, 4) is 0 Å². The topological polar surface area (TPSA) is 98.1 Å². The number of fused-ring (bicyclic) bond motifs is 1. The Kier molecular flexibility index (Phi) is 4.40. The summed E-state index contributed by atoms with van der Waals surface area (Å²) in [6, 6.07) is 6.96. The van der Waals surface area contributed by atoms with E-state index >= 15 is 0 Å². The first kappa shape index (κ1) is 16.6. The average molecular weight is 349 g/mol. The number of nitrogens with zero attached hydrogens (tertiary/aromatic N) is 2. The lowest BCUT2D eigenvalue weighted by Gasteiger charge is -2.13. The van der Waals surface area contributed by atoms with E-state index in [2.05, 4.69) is 10.3 Å². The lowest BCUT2D eigenvalue weighted by molar-refractivity contribution is -0.121. The Morgan fingerprint density at radius 1 is 1.38 bits per heavy atom. The monoisotopic (exact) mass is 349 g/mol. The molecule has 1 aliphatic heterocycles. The molecule has 1 aliphatic rings. The van der Waals surface area contributed by atoms with Gasteiger partial charge in [-0.1, -0.05) is 12.1 Å². The van der Waals surface area contributed by atoms with Crippen molar-refractivity contribution < 1.29 is 13.2 Å². The van der Waals surface area contributed by atoms with Gasteiger partial charge in [0.25, 0.3) is 5.56 Å². The third kappa shape index (κ3) is 3.48. The summed E-state index contributed by atoms with van der Waals surface area (Å²) in [7, 11) is -3.03. The molecule has 0 saturated carbocycles. The first-order valence-electron chi connectivity index (χ1n) is 7.82. The number of sulfone groups is 1. The highest BCUT2D eigenvalue weighted by Gasteiger charge is 2.28. The number of carbonyl (C=O) groups excluding carboxylic acids is 1. The molecule has 1 aromatic heterocycles. The number of hydrogen-bond donors (Lipinski definition) is 1. The quantitative estimate of drug-likeness (QED) is 0.861. The zero-order valence-corrected chi connectivity index (χ0v) is 14.2. The van der Waals surface area contributed by atoms with Crippen molar-refractivity contribution in [2.24, 2.45) is 0 Å². The number of nitrogens with one attached hydrogen (secondary N) is 1. The molecule has 1 atom stereocenters. The Labute approximate surface area is 139 Å². The van der Waals surface area contributed by atoms with Crippen LogP contribution in [0.2, 0.25) is 0 Å². The number of hydrogen-bond acceptors (Lipinski definition) is 5. The Morgan fingerprint density at radius 3 is 2.83 bits per heavy atom. The fourth-order valence-corrected chi connectivity index (χ4v) is 4.64. The molecule has 1 N–H and O–H groups in total. The van der Waals surface area contributed by atoms with Crippen molar-refractivity contribution in [2.45, 2.75) is 32.4 Å². The largest absolute Gasteiger partial charge is 0.352 e. The summed E-state index contributed by atoms with van der Waals surface area (Å²) in [6.07, 6.45) is 0.565. The lowest BCUT2D eigenvalue weighted by atomic mass is 10.2. The minimum atomic E-state index is -3.03. The van der Waals surface area contributed by atoms with Gasteiger partial charge in [-0.15, -0.1) is 0 Å². The molecule has 7 nitrogen and oxygen atoms in total. The summed E-state index contributed by atoms with van der Waals surface area (Å²) in [5.41, 5.74) is 1.56. The van der Waals surface area contributed by atoms with Crippen LogP contribution in [0.4, 0.5) is 0 Å². The Balaban J connectivity index is 1.73. The molecule has 8 heteroatoms. The van der Waals surface area contributed by atoms with Gasteiger partial charge < -0.3 is 9.88 Å². The summed E-state index contributed by atoms with van der Waals surface area (Å²) in [5.74, 6) is -0.135. The number of para-hydroxylation sites is 2. The molecule has 24 heavy (non-hydrogen) atoms. The van der Waals surface area contributed by atoms with Crippen LogP contribution in [-0.4, -0.2) is 41.4 Å². The maximum absolute atomic E-state index is 12.3. The Morgan fingerprint density at radius 2 is 2.12 bits per heavy atom. The normalized spacial score (nSPS) is 19.5. The average Bonchev–Trinajstić information content (AvgIpc) is 2.86. The molecule has 1 amide bonds. The van der Waals surface area contributed by atoms with E-state index < -0.39 is 9.84 Å². The van der Waals surface area contributed by atoms with Gasteiger partial charge in [0.15, 0.2) is 9.84 Å². The maximum atomic E-state index is 12.3. The van der Waals surface area contributed by atoms with E-state index in [1.54, 1.807) is 17.6 Å². The molecule has 0 spiro atoms. The van der Waals surface area contributed by atoms with Gasteiger partial charge in [0.05, 0.1) is 22.5 Å². The smallest absolute Gasteiger partial charge is 0.272 e. The van der Waals surface area contributed by atoms with E-state index in [0.29, 0.717) is 23.1 Å². The first-order valence-corrected chi connectivity index (χ1v) is 9.64. The third-order valence-corrected chi connectivity index (χ3v) is 5.94. The molecule has 0 bridgehead atoms. The fourth-order valence-electron chi connectivity index (χ4n) is 2.96. The lowest BCUT2D eigenvalue weighted by Crippen LogP contribution is -2.36. The molecule has 0 radical (unpaired) electrons. The van der Waals surface area contributed by atoms with Crippen LogP contribution in [0.3, 0.4) is 0 Å². The molecule has 1 aromatic carbocycles. The van der Waals surface area contributed by atoms with Crippen molar-refractivity contribution in [1.29, 1.82) is 0 Å². The SMILES string of the molecule is Cc1nc2ccccc2n(CCC(=O)NC2CCS(=O)(=O)C2)c1=O. The summed E-state index contributed by atoms with van der Waals surface area (Å²) < 4.78 is 24.4. The molecule has 1 unspecified atom stereocenters. The van der Waals surface area contributed by atoms with Crippen molar-refractivity contribution in [2.75, 3.05) is 11.5 Å². The molecule has 3 rings (SSSR count). The van der Waals surface area contributed by atoms with Gasteiger partial charge in [0, 0.05) is 19.0 Å². The fraction of sp³-hybridized carbons (Fsp3) is 0.438. The second-order valence-corrected chi connectivity index (χ2v) is 8.29. The Hall–Kier alpha value is -2.22. The highest BCUT2D eigenvalue weighted by atomic mass is 32.2. The molecule has 0 aliphatic carbocycles. The predicted molar refractivity (Wildman–Crippen MR) is 90.6 cm³/mol. The van der Waals surface area contributed by atoms with Crippen molar-refractivity contribution in [1.82, 2.24) is 14.9 Å². The summed E-state index contributed by atoms with van der Waals surface area (Å²) >= 11 is 0. The van der Waals surface area contributed by atoms with Crippen LogP contribution in [0.25, 0.3) is 11.0 Å².